The lowest BCUT2D eigenvalue weighted by Crippen LogP contribution is -2.30. The summed E-state index contributed by atoms with van der Waals surface area (Å²) in [4.78, 5) is 30.5. The molecule has 0 unspecified atom stereocenters. The highest BCUT2D eigenvalue weighted by Crippen LogP contribution is 2.21. The number of benzene rings is 2. The summed E-state index contributed by atoms with van der Waals surface area (Å²) < 4.78 is 13.8. The highest BCUT2D eigenvalue weighted by atomic mass is 32.2. The Balaban J connectivity index is 1.54. The number of nitrogens with one attached hydrogen (secondary N) is 2. The number of carbonyl (C=O) groups is 2. The Morgan fingerprint density at radius 2 is 1.80 bits per heavy atom. The number of thioether (sulfide) groups is 1. The molecule has 1 aromatic heterocycles. The van der Waals surface area contributed by atoms with Gasteiger partial charge in [0.15, 0.2) is 5.82 Å². The molecule has 0 fully saturated rings. The van der Waals surface area contributed by atoms with Gasteiger partial charge in [-0.2, -0.15) is 0 Å². The van der Waals surface area contributed by atoms with E-state index in [0.29, 0.717) is 40.9 Å². The molecule has 0 aliphatic carbocycles. The van der Waals surface area contributed by atoms with E-state index in [0.717, 1.165) is 11.8 Å². The minimum Gasteiger partial charge on any atom is -0.339 e. The summed E-state index contributed by atoms with van der Waals surface area (Å²) in [6.07, 6.45) is 0. The molecule has 0 radical (unpaired) electrons. The Morgan fingerprint density at radius 3 is 2.47 bits per heavy atom. The fourth-order valence-corrected chi connectivity index (χ4v) is 3.40. The Hall–Kier alpha value is -3.20. The zero-order valence-corrected chi connectivity index (χ0v) is 17.5. The molecule has 0 aliphatic heterocycles. The molecule has 3 rings (SSSR count). The molecule has 156 valence electrons. The van der Waals surface area contributed by atoms with Crippen LogP contribution in [0.4, 0.5) is 10.1 Å². The van der Waals surface area contributed by atoms with Crippen molar-refractivity contribution in [1.82, 2.24) is 20.1 Å². The van der Waals surface area contributed by atoms with Crippen molar-refractivity contribution < 1.29 is 14.0 Å². The van der Waals surface area contributed by atoms with Gasteiger partial charge in [0.25, 0.3) is 5.91 Å². The number of halogens is 1. The molecule has 0 bridgehead atoms. The van der Waals surface area contributed by atoms with Crippen molar-refractivity contribution in [3.63, 3.8) is 0 Å². The van der Waals surface area contributed by atoms with Gasteiger partial charge in [0.1, 0.15) is 5.82 Å². The standard InChI is InChI=1S/C21H22FN5O2S/c1-3-27(4-2)20(29)14-9-11-15(12-10-14)23-18(28)13-30-21-24-19(25-26-21)16-7-5-6-8-17(16)22/h5-12H,3-4,13H2,1-2H3,(H,23,28)(H,24,25,26). The molecule has 30 heavy (non-hydrogen) atoms. The number of rotatable bonds is 8. The normalized spacial score (nSPS) is 10.6. The fourth-order valence-electron chi connectivity index (χ4n) is 2.80. The third-order valence-electron chi connectivity index (χ3n) is 4.39. The Labute approximate surface area is 178 Å². The third-order valence-corrected chi connectivity index (χ3v) is 5.24. The smallest absolute Gasteiger partial charge is 0.253 e. The zero-order valence-electron chi connectivity index (χ0n) is 16.7. The van der Waals surface area contributed by atoms with Crippen molar-refractivity contribution in [2.24, 2.45) is 0 Å². The molecule has 2 N–H and O–H groups in total. The van der Waals surface area contributed by atoms with Crippen LogP contribution in [0.3, 0.4) is 0 Å². The molecule has 0 atom stereocenters. The van der Waals surface area contributed by atoms with E-state index in [1.54, 1.807) is 47.4 Å². The van der Waals surface area contributed by atoms with Gasteiger partial charge in [-0.25, -0.2) is 9.37 Å². The quantitative estimate of drug-likeness (QED) is 0.533. The molecule has 9 heteroatoms. The van der Waals surface area contributed by atoms with E-state index in [1.807, 2.05) is 13.8 Å². The first-order valence-corrected chi connectivity index (χ1v) is 10.5. The average molecular weight is 428 g/mol. The van der Waals surface area contributed by atoms with Crippen molar-refractivity contribution in [3.05, 3.63) is 59.9 Å². The molecule has 0 saturated heterocycles. The number of hydrogen-bond acceptors (Lipinski definition) is 5. The van der Waals surface area contributed by atoms with Crippen molar-refractivity contribution in [2.75, 3.05) is 24.2 Å². The van der Waals surface area contributed by atoms with E-state index in [1.165, 1.54) is 6.07 Å². The molecule has 0 spiro atoms. The summed E-state index contributed by atoms with van der Waals surface area (Å²) in [6, 6.07) is 13.0. The lowest BCUT2D eigenvalue weighted by Gasteiger charge is -2.18. The summed E-state index contributed by atoms with van der Waals surface area (Å²) in [6.45, 7) is 5.15. The average Bonchev–Trinajstić information content (AvgIpc) is 3.23. The highest BCUT2D eigenvalue weighted by molar-refractivity contribution is 7.99. The van der Waals surface area contributed by atoms with Crippen LogP contribution in [0.15, 0.2) is 53.7 Å². The molecule has 2 amide bonds. The highest BCUT2D eigenvalue weighted by Gasteiger charge is 2.14. The Morgan fingerprint density at radius 1 is 1.10 bits per heavy atom. The monoisotopic (exact) mass is 427 g/mol. The lowest BCUT2D eigenvalue weighted by atomic mass is 10.2. The van der Waals surface area contributed by atoms with E-state index in [2.05, 4.69) is 20.5 Å². The van der Waals surface area contributed by atoms with Crippen molar-refractivity contribution in [2.45, 2.75) is 19.0 Å². The molecular formula is C21H22FN5O2S. The van der Waals surface area contributed by atoms with Gasteiger partial charge < -0.3 is 10.2 Å². The van der Waals surface area contributed by atoms with E-state index in [9.17, 15) is 14.0 Å². The summed E-state index contributed by atoms with van der Waals surface area (Å²) in [5, 5.41) is 9.82. The Kier molecular flexibility index (Phi) is 7.18. The second-order valence-corrected chi connectivity index (χ2v) is 7.28. The van der Waals surface area contributed by atoms with Crippen LogP contribution in [0.5, 0.6) is 0 Å². The molecular weight excluding hydrogens is 405 g/mol. The summed E-state index contributed by atoms with van der Waals surface area (Å²) in [5.41, 5.74) is 1.49. The molecule has 0 aliphatic rings. The minimum atomic E-state index is -0.397. The second kappa shape index (κ2) is 10.0. The maximum absolute atomic E-state index is 13.8. The van der Waals surface area contributed by atoms with Crippen LogP contribution in [-0.4, -0.2) is 50.7 Å². The van der Waals surface area contributed by atoms with E-state index >= 15 is 0 Å². The number of nitrogens with zero attached hydrogens (tertiary/aromatic N) is 3. The summed E-state index contributed by atoms with van der Waals surface area (Å²) in [5.74, 6) is -0.270. The summed E-state index contributed by atoms with van der Waals surface area (Å²) >= 11 is 1.14. The predicted octanol–water partition coefficient (Wildman–Crippen LogP) is 3.82. The SMILES string of the molecule is CCN(CC)C(=O)c1ccc(NC(=O)CSc2n[nH]c(-c3ccccc3F)n2)cc1. The van der Waals surface area contributed by atoms with Crippen LogP contribution >= 0.6 is 11.8 Å². The number of amides is 2. The number of hydrogen-bond donors (Lipinski definition) is 2. The van der Waals surface area contributed by atoms with Crippen LogP contribution < -0.4 is 5.32 Å². The molecule has 3 aromatic rings. The number of anilines is 1. The molecule has 0 saturated carbocycles. The summed E-state index contributed by atoms with van der Waals surface area (Å²) in [7, 11) is 0. The van der Waals surface area contributed by atoms with Gasteiger partial charge in [-0.15, -0.1) is 5.10 Å². The van der Waals surface area contributed by atoms with Crippen molar-refractivity contribution in [1.29, 1.82) is 0 Å². The van der Waals surface area contributed by atoms with Crippen LogP contribution in [-0.2, 0) is 4.79 Å². The van der Waals surface area contributed by atoms with E-state index in [-0.39, 0.29) is 17.6 Å². The van der Waals surface area contributed by atoms with Gasteiger partial charge in [0.05, 0.1) is 11.3 Å². The molecule has 2 aromatic carbocycles. The van der Waals surface area contributed by atoms with E-state index in [4.69, 9.17) is 0 Å². The number of carbonyl (C=O) groups excluding carboxylic acids is 2. The van der Waals surface area contributed by atoms with Gasteiger partial charge in [-0.05, 0) is 50.2 Å². The number of aromatic amines is 1. The first-order valence-electron chi connectivity index (χ1n) is 9.51. The molecule has 1 heterocycles. The fraction of sp³-hybridized carbons (Fsp3) is 0.238. The second-order valence-electron chi connectivity index (χ2n) is 6.34. The van der Waals surface area contributed by atoms with Gasteiger partial charge >= 0.3 is 0 Å². The van der Waals surface area contributed by atoms with Gasteiger partial charge in [-0.1, -0.05) is 23.9 Å². The third kappa shape index (κ3) is 5.24. The first kappa shape index (κ1) is 21.5. The Bertz CT molecular complexity index is 1020. The number of H-pyrrole nitrogens is 1. The van der Waals surface area contributed by atoms with Crippen molar-refractivity contribution in [3.8, 4) is 11.4 Å². The van der Waals surface area contributed by atoms with Gasteiger partial charge in [0, 0.05) is 24.3 Å². The predicted molar refractivity (Wildman–Crippen MR) is 115 cm³/mol. The minimum absolute atomic E-state index is 0.0382. The van der Waals surface area contributed by atoms with Crippen molar-refractivity contribution >= 4 is 29.3 Å². The zero-order chi connectivity index (χ0) is 21.5. The van der Waals surface area contributed by atoms with Crippen LogP contribution in [0, 0.1) is 5.82 Å². The maximum Gasteiger partial charge on any atom is 0.253 e. The largest absolute Gasteiger partial charge is 0.339 e. The molecule has 7 nitrogen and oxygen atoms in total. The van der Waals surface area contributed by atoms with Gasteiger partial charge in [0.2, 0.25) is 11.1 Å². The number of aromatic nitrogens is 3. The first-order chi connectivity index (χ1) is 14.5. The van der Waals surface area contributed by atoms with Crippen LogP contribution in [0.1, 0.15) is 24.2 Å². The van der Waals surface area contributed by atoms with E-state index < -0.39 is 5.82 Å². The van der Waals surface area contributed by atoms with Crippen LogP contribution in [0.2, 0.25) is 0 Å². The van der Waals surface area contributed by atoms with Gasteiger partial charge in [-0.3, -0.25) is 14.7 Å². The topological polar surface area (TPSA) is 91.0 Å². The lowest BCUT2D eigenvalue weighted by molar-refractivity contribution is -0.113. The van der Waals surface area contributed by atoms with Crippen LogP contribution in [0.25, 0.3) is 11.4 Å². The maximum atomic E-state index is 13.8.